The molecule has 28 heavy (non-hydrogen) atoms. The molecule has 1 unspecified atom stereocenters. The minimum atomic E-state index is -0.582. The van der Waals surface area contributed by atoms with Crippen LogP contribution in [0.4, 0.5) is 5.88 Å². The molecule has 1 aromatic carbocycles. The molecule has 0 spiro atoms. The van der Waals surface area contributed by atoms with Crippen molar-refractivity contribution in [2.45, 2.75) is 70.1 Å². The summed E-state index contributed by atoms with van der Waals surface area (Å²) in [5.41, 5.74) is 5.79. The molecule has 0 saturated carbocycles. The van der Waals surface area contributed by atoms with E-state index < -0.39 is 17.1 Å². The third-order valence-corrected chi connectivity index (χ3v) is 5.38. The lowest BCUT2D eigenvalue weighted by atomic mass is 9.79. The number of hydrogen-bond acceptors (Lipinski definition) is 6. The predicted octanol–water partition coefficient (Wildman–Crippen LogP) is 1.86. The number of carbonyl (C=O) groups is 1. The maximum Gasteiger partial charge on any atom is 0.293 e. The Balaban J connectivity index is 1.80. The lowest BCUT2D eigenvalue weighted by molar-refractivity contribution is -0.772. The number of nitrogens with two attached hydrogens (primary N) is 1. The number of piperidine rings is 1. The van der Waals surface area contributed by atoms with E-state index in [1.54, 1.807) is 0 Å². The van der Waals surface area contributed by atoms with Crippen LogP contribution in [-0.2, 0) is 11.2 Å². The van der Waals surface area contributed by atoms with Gasteiger partial charge in [-0.3, -0.25) is 9.32 Å². The second-order valence-corrected chi connectivity index (χ2v) is 8.84. The molecule has 2 aromatic rings. The largest absolute Gasteiger partial charge is 0.362 e. The molecule has 8 nitrogen and oxygen atoms in total. The quantitative estimate of drug-likeness (QED) is 0.675. The summed E-state index contributed by atoms with van der Waals surface area (Å²) in [6, 6.07) is 9.11. The number of anilines is 1. The zero-order valence-corrected chi connectivity index (χ0v) is 16.9. The average molecular weight is 388 g/mol. The van der Waals surface area contributed by atoms with E-state index in [9.17, 15) is 10.0 Å². The number of benzene rings is 1. The van der Waals surface area contributed by atoms with E-state index in [1.807, 2.05) is 58.0 Å². The Hall–Kier alpha value is -2.45. The smallest absolute Gasteiger partial charge is 0.293 e. The monoisotopic (exact) mass is 388 g/mol. The van der Waals surface area contributed by atoms with Crippen LogP contribution in [0.2, 0.25) is 0 Å². The van der Waals surface area contributed by atoms with Crippen molar-refractivity contribution >= 4 is 11.8 Å². The summed E-state index contributed by atoms with van der Waals surface area (Å²) in [5.74, 6) is 0.00635. The molecule has 1 aromatic heterocycles. The normalized spacial score (nSPS) is 20.6. The summed E-state index contributed by atoms with van der Waals surface area (Å²) in [4.78, 5) is 13.2. The van der Waals surface area contributed by atoms with Gasteiger partial charge in [0.05, 0.1) is 0 Å². The van der Waals surface area contributed by atoms with Crippen LogP contribution in [0.15, 0.2) is 41.1 Å². The van der Waals surface area contributed by atoms with Gasteiger partial charge in [-0.15, -0.1) is 0 Å². The van der Waals surface area contributed by atoms with Crippen LogP contribution in [0.25, 0.3) is 0 Å². The molecule has 0 aliphatic carbocycles. The van der Waals surface area contributed by atoms with Crippen LogP contribution in [0.5, 0.6) is 0 Å². The molecule has 1 saturated heterocycles. The molecule has 1 aliphatic heterocycles. The van der Waals surface area contributed by atoms with Gasteiger partial charge >= 0.3 is 0 Å². The zero-order chi connectivity index (χ0) is 20.5. The first kappa shape index (κ1) is 20.3. The van der Waals surface area contributed by atoms with Crippen molar-refractivity contribution in [3.05, 3.63) is 42.1 Å². The molecule has 8 heteroatoms. The summed E-state index contributed by atoms with van der Waals surface area (Å²) < 4.78 is 6.44. The summed E-state index contributed by atoms with van der Waals surface area (Å²) in [5, 5.41) is 18.9. The number of aromatic nitrogens is 2. The molecular weight excluding hydrogens is 358 g/mol. The fraction of sp³-hybridized carbons (Fsp3) is 0.550. The van der Waals surface area contributed by atoms with Crippen LogP contribution >= 0.6 is 0 Å². The van der Waals surface area contributed by atoms with Crippen LogP contribution < -0.4 is 15.7 Å². The Bertz CT molecular complexity index is 800. The molecule has 0 radical (unpaired) electrons. The number of amides is 1. The van der Waals surface area contributed by atoms with Gasteiger partial charge < -0.3 is 16.3 Å². The topological polar surface area (TPSA) is 108 Å². The highest BCUT2D eigenvalue weighted by Crippen LogP contribution is 2.36. The number of nitrogen functional groups attached to an aromatic ring is 1. The number of rotatable bonds is 5. The first-order chi connectivity index (χ1) is 13.1. The lowest BCUT2D eigenvalue weighted by Crippen LogP contribution is -2.64. The first-order valence-electron chi connectivity index (χ1n) is 9.56. The molecule has 1 aliphatic rings. The molecule has 0 bridgehead atoms. The Morgan fingerprint density at radius 2 is 1.93 bits per heavy atom. The summed E-state index contributed by atoms with van der Waals surface area (Å²) in [7, 11) is 0. The molecule has 2 heterocycles. The maximum absolute atomic E-state index is 13.2. The molecule has 1 fully saturated rings. The van der Waals surface area contributed by atoms with Gasteiger partial charge in [0, 0.05) is 23.5 Å². The van der Waals surface area contributed by atoms with Crippen LogP contribution in [-0.4, -0.2) is 38.6 Å². The van der Waals surface area contributed by atoms with Crippen molar-refractivity contribution in [3.63, 3.8) is 0 Å². The number of nitrogens with one attached hydrogen (secondary N) is 1. The minimum absolute atomic E-state index is 0.0657. The van der Waals surface area contributed by atoms with Crippen molar-refractivity contribution in [3.8, 4) is 0 Å². The van der Waals surface area contributed by atoms with E-state index in [2.05, 4.69) is 10.6 Å². The van der Waals surface area contributed by atoms with E-state index in [4.69, 9.17) is 10.3 Å². The maximum atomic E-state index is 13.2. The minimum Gasteiger partial charge on any atom is -0.362 e. The second-order valence-electron chi connectivity index (χ2n) is 8.84. The van der Waals surface area contributed by atoms with Crippen molar-refractivity contribution in [1.29, 1.82) is 0 Å². The van der Waals surface area contributed by atoms with Crippen LogP contribution in [0.3, 0.4) is 0 Å². The van der Waals surface area contributed by atoms with Gasteiger partial charge in [-0.05, 0) is 50.8 Å². The Kier molecular flexibility index (Phi) is 5.45. The highest BCUT2D eigenvalue weighted by atomic mass is 16.5. The third-order valence-electron chi connectivity index (χ3n) is 5.38. The van der Waals surface area contributed by atoms with Crippen molar-refractivity contribution in [2.24, 2.45) is 0 Å². The average Bonchev–Trinajstić information content (AvgIpc) is 3.04. The molecule has 4 N–H and O–H groups in total. The summed E-state index contributed by atoms with van der Waals surface area (Å²) >= 11 is 0. The number of carbonyl (C=O) groups excluding carboxylic acids is 1. The summed E-state index contributed by atoms with van der Waals surface area (Å²) in [6.07, 6.45) is 3.27. The Morgan fingerprint density at radius 1 is 1.32 bits per heavy atom. The van der Waals surface area contributed by atoms with Crippen molar-refractivity contribution in [1.82, 2.24) is 15.7 Å². The van der Waals surface area contributed by atoms with Gasteiger partial charge in [0.1, 0.15) is 0 Å². The van der Waals surface area contributed by atoms with Gasteiger partial charge in [-0.1, -0.05) is 30.3 Å². The highest BCUT2D eigenvalue weighted by molar-refractivity contribution is 5.79. The van der Waals surface area contributed by atoms with E-state index in [1.165, 1.54) is 15.9 Å². The molecule has 3 rings (SSSR count). The van der Waals surface area contributed by atoms with Gasteiger partial charge in [-0.25, -0.2) is 0 Å². The fourth-order valence-corrected chi connectivity index (χ4v) is 4.23. The lowest BCUT2D eigenvalue weighted by Gasteiger charge is -2.51. The molecule has 1 atom stereocenters. The van der Waals surface area contributed by atoms with Crippen LogP contribution in [0.1, 0.15) is 52.1 Å². The van der Waals surface area contributed by atoms with E-state index in [0.29, 0.717) is 19.3 Å². The second kappa shape index (κ2) is 7.52. The van der Waals surface area contributed by atoms with E-state index in [0.717, 1.165) is 5.56 Å². The SMILES string of the molecule is CC1(C)CC(NC(=O)C(Cc2ccccc2)[n+]2cc(N)on2)CC(C)(C)N1O. The first-order valence-corrected chi connectivity index (χ1v) is 9.56. The number of hydrogen-bond donors (Lipinski definition) is 3. The van der Waals surface area contributed by atoms with Gasteiger partial charge in [-0.2, -0.15) is 5.06 Å². The van der Waals surface area contributed by atoms with E-state index in [-0.39, 0.29) is 17.8 Å². The van der Waals surface area contributed by atoms with E-state index >= 15 is 0 Å². The van der Waals surface area contributed by atoms with Crippen molar-refractivity contribution in [2.75, 3.05) is 5.73 Å². The van der Waals surface area contributed by atoms with Gasteiger partial charge in [0.2, 0.25) is 5.27 Å². The molecule has 1 amide bonds. The van der Waals surface area contributed by atoms with Gasteiger partial charge in [0.25, 0.3) is 24.0 Å². The zero-order valence-electron chi connectivity index (χ0n) is 16.9. The standard InChI is InChI=1S/C20H29N5O3/c1-19(2)11-15(12-20(3,4)25(19)27)22-18(26)16(24-13-17(21)28-23-24)10-14-8-6-5-7-9-14/h5-9,13,15-16,27H,10-12H2,1-4H3,(H2-,21,22,23,26)/p+1. The van der Waals surface area contributed by atoms with Crippen LogP contribution in [0, 0.1) is 0 Å². The highest BCUT2D eigenvalue weighted by Gasteiger charge is 2.46. The van der Waals surface area contributed by atoms with Crippen molar-refractivity contribution < 1.29 is 19.2 Å². The third kappa shape index (κ3) is 4.34. The molecule has 152 valence electrons. The fourth-order valence-electron chi connectivity index (χ4n) is 4.23. The number of nitrogens with zero attached hydrogens (tertiary/aromatic N) is 3. The summed E-state index contributed by atoms with van der Waals surface area (Å²) in [6.45, 7) is 7.90. The molecular formula is C20H30N5O3+. The predicted molar refractivity (Wildman–Crippen MR) is 103 cm³/mol. The Morgan fingerprint density at radius 3 is 2.46 bits per heavy atom. The van der Waals surface area contributed by atoms with Gasteiger partial charge in [0.15, 0.2) is 0 Å². The Labute approximate surface area is 165 Å². The number of hydroxylamine groups is 2.